The minimum absolute atomic E-state index is 0.147. The van der Waals surface area contributed by atoms with E-state index in [1.165, 1.54) is 6.33 Å². The number of rotatable bonds is 4. The second kappa shape index (κ2) is 6.51. The Kier molecular flexibility index (Phi) is 4.04. The van der Waals surface area contributed by atoms with Gasteiger partial charge in [-0.1, -0.05) is 36.9 Å². The first-order valence-corrected chi connectivity index (χ1v) is 8.37. The van der Waals surface area contributed by atoms with Gasteiger partial charge in [0, 0.05) is 12.2 Å². The van der Waals surface area contributed by atoms with Crippen molar-refractivity contribution in [2.75, 3.05) is 5.32 Å². The molecule has 1 amide bonds. The van der Waals surface area contributed by atoms with Gasteiger partial charge >= 0.3 is 0 Å². The van der Waals surface area contributed by atoms with E-state index in [4.69, 9.17) is 4.42 Å². The van der Waals surface area contributed by atoms with Crippen LogP contribution in [0.4, 0.5) is 5.95 Å². The number of amides is 1. The third-order valence-corrected chi connectivity index (χ3v) is 4.44. The fourth-order valence-electron chi connectivity index (χ4n) is 3.19. The lowest BCUT2D eigenvalue weighted by Crippen LogP contribution is -2.42. The van der Waals surface area contributed by atoms with Crippen LogP contribution in [0, 0.1) is 12.8 Å². The summed E-state index contributed by atoms with van der Waals surface area (Å²) in [4.78, 5) is 17.2. The molecule has 2 atom stereocenters. The molecule has 0 unspecified atom stereocenters. The molecule has 3 aromatic rings. The number of aryl methyl sites for hydroxylation is 1. The molecule has 2 N–H and O–H groups in total. The molecule has 0 spiro atoms. The molecule has 1 aliphatic rings. The van der Waals surface area contributed by atoms with E-state index < -0.39 is 12.0 Å². The number of furan rings is 1. The summed E-state index contributed by atoms with van der Waals surface area (Å²) >= 11 is 0. The summed E-state index contributed by atoms with van der Waals surface area (Å²) < 4.78 is 7.47. The maximum absolute atomic E-state index is 13.0. The quantitative estimate of drug-likeness (QED) is 0.756. The van der Waals surface area contributed by atoms with Crippen LogP contribution in [0.2, 0.25) is 0 Å². The van der Waals surface area contributed by atoms with Crippen molar-refractivity contribution in [1.82, 2.24) is 20.1 Å². The van der Waals surface area contributed by atoms with Crippen LogP contribution in [0.15, 0.2) is 65.5 Å². The number of nitrogens with zero attached hydrogens (tertiary/aromatic N) is 3. The van der Waals surface area contributed by atoms with Crippen LogP contribution in [-0.4, -0.2) is 20.7 Å². The van der Waals surface area contributed by atoms with E-state index in [-0.39, 0.29) is 5.91 Å². The molecule has 0 aliphatic carbocycles. The number of hydrogen-bond donors (Lipinski definition) is 2. The molecule has 0 bridgehead atoms. The zero-order valence-corrected chi connectivity index (χ0v) is 14.3. The SMILES string of the molecule is C=C1Nc2ncnn2[C@H](c2ccc(C)o2)[C@@H]1C(=O)NCc1ccccc1. The zero-order chi connectivity index (χ0) is 18.1. The molecular formula is C19H19N5O2. The second-order valence-electron chi connectivity index (χ2n) is 6.25. The standard InChI is InChI=1S/C19H19N5O2/c1-12-8-9-15(26-12)17-16(13(2)23-19-21-11-22-24(17)19)18(25)20-10-14-6-4-3-5-7-14/h3-9,11,16-17H,2,10H2,1H3,(H,20,25)(H,21,22,23)/t16-,17-/m1/s1. The van der Waals surface area contributed by atoms with Gasteiger partial charge in [0.2, 0.25) is 11.9 Å². The van der Waals surface area contributed by atoms with Crippen molar-refractivity contribution in [1.29, 1.82) is 0 Å². The molecule has 132 valence electrons. The fraction of sp³-hybridized carbons (Fsp3) is 0.211. The van der Waals surface area contributed by atoms with Crippen LogP contribution in [0.1, 0.15) is 23.1 Å². The predicted molar refractivity (Wildman–Crippen MR) is 96.1 cm³/mol. The maximum atomic E-state index is 13.0. The monoisotopic (exact) mass is 349 g/mol. The topological polar surface area (TPSA) is 85.0 Å². The van der Waals surface area contributed by atoms with Gasteiger partial charge in [0.15, 0.2) is 0 Å². The minimum Gasteiger partial charge on any atom is -0.464 e. The molecule has 0 radical (unpaired) electrons. The van der Waals surface area contributed by atoms with Gasteiger partial charge in [-0.25, -0.2) is 4.68 Å². The van der Waals surface area contributed by atoms with Crippen molar-refractivity contribution in [2.24, 2.45) is 5.92 Å². The van der Waals surface area contributed by atoms with Crippen LogP contribution in [-0.2, 0) is 11.3 Å². The van der Waals surface area contributed by atoms with Crippen molar-refractivity contribution < 1.29 is 9.21 Å². The Balaban J connectivity index is 1.64. The van der Waals surface area contributed by atoms with Crippen molar-refractivity contribution >= 4 is 11.9 Å². The summed E-state index contributed by atoms with van der Waals surface area (Å²) in [6.45, 7) is 6.35. The van der Waals surface area contributed by atoms with E-state index >= 15 is 0 Å². The molecule has 1 aliphatic heterocycles. The third-order valence-electron chi connectivity index (χ3n) is 4.44. The summed E-state index contributed by atoms with van der Waals surface area (Å²) in [7, 11) is 0. The molecular weight excluding hydrogens is 330 g/mol. The van der Waals surface area contributed by atoms with Gasteiger partial charge in [0.25, 0.3) is 0 Å². The smallest absolute Gasteiger partial charge is 0.231 e. The van der Waals surface area contributed by atoms with Gasteiger partial charge in [-0.05, 0) is 24.6 Å². The number of hydrogen-bond acceptors (Lipinski definition) is 5. The molecule has 0 saturated heterocycles. The van der Waals surface area contributed by atoms with Gasteiger partial charge in [0.1, 0.15) is 29.8 Å². The van der Waals surface area contributed by atoms with Crippen LogP contribution in [0.25, 0.3) is 0 Å². The first kappa shape index (κ1) is 16.1. The molecule has 2 aromatic heterocycles. The zero-order valence-electron chi connectivity index (χ0n) is 14.3. The summed E-state index contributed by atoms with van der Waals surface area (Å²) in [5.74, 6) is 1.25. The molecule has 26 heavy (non-hydrogen) atoms. The Bertz CT molecular complexity index is 944. The van der Waals surface area contributed by atoms with E-state index in [0.29, 0.717) is 24.0 Å². The van der Waals surface area contributed by atoms with Crippen LogP contribution >= 0.6 is 0 Å². The van der Waals surface area contributed by atoms with Gasteiger partial charge in [-0.3, -0.25) is 4.79 Å². The van der Waals surface area contributed by atoms with E-state index in [0.717, 1.165) is 11.3 Å². The average molecular weight is 349 g/mol. The first-order chi connectivity index (χ1) is 12.6. The molecule has 4 rings (SSSR count). The van der Waals surface area contributed by atoms with Crippen LogP contribution in [0.5, 0.6) is 0 Å². The number of benzene rings is 1. The molecule has 3 heterocycles. The van der Waals surface area contributed by atoms with Gasteiger partial charge in [-0.2, -0.15) is 10.1 Å². The Morgan fingerprint density at radius 3 is 2.85 bits per heavy atom. The Morgan fingerprint density at radius 1 is 1.31 bits per heavy atom. The maximum Gasteiger partial charge on any atom is 0.231 e. The number of fused-ring (bicyclic) bond motifs is 1. The lowest BCUT2D eigenvalue weighted by Gasteiger charge is -2.32. The largest absolute Gasteiger partial charge is 0.464 e. The van der Waals surface area contributed by atoms with Crippen LogP contribution in [0.3, 0.4) is 0 Å². The highest BCUT2D eigenvalue weighted by molar-refractivity contribution is 5.83. The number of anilines is 1. The van der Waals surface area contributed by atoms with E-state index in [1.807, 2.05) is 49.4 Å². The molecule has 1 aromatic carbocycles. The Labute approximate surface area is 150 Å². The summed E-state index contributed by atoms with van der Waals surface area (Å²) in [5, 5.41) is 10.3. The van der Waals surface area contributed by atoms with E-state index in [2.05, 4.69) is 27.3 Å². The lowest BCUT2D eigenvalue weighted by molar-refractivity contribution is -0.125. The highest BCUT2D eigenvalue weighted by Crippen LogP contribution is 2.37. The minimum atomic E-state index is -0.571. The third kappa shape index (κ3) is 2.88. The van der Waals surface area contributed by atoms with Crippen molar-refractivity contribution in [3.63, 3.8) is 0 Å². The summed E-state index contributed by atoms with van der Waals surface area (Å²) in [6.07, 6.45) is 1.45. The molecule has 7 heteroatoms. The van der Waals surface area contributed by atoms with E-state index in [1.54, 1.807) is 4.68 Å². The van der Waals surface area contributed by atoms with Gasteiger partial charge in [-0.15, -0.1) is 0 Å². The average Bonchev–Trinajstić information content (AvgIpc) is 3.28. The predicted octanol–water partition coefficient (Wildman–Crippen LogP) is 2.64. The summed E-state index contributed by atoms with van der Waals surface area (Å²) in [5.41, 5.74) is 1.59. The lowest BCUT2D eigenvalue weighted by atomic mass is 9.92. The van der Waals surface area contributed by atoms with Crippen molar-refractivity contribution in [2.45, 2.75) is 19.5 Å². The van der Waals surface area contributed by atoms with Crippen LogP contribution < -0.4 is 10.6 Å². The Hall–Kier alpha value is -3.35. The fourth-order valence-corrected chi connectivity index (χ4v) is 3.19. The molecule has 7 nitrogen and oxygen atoms in total. The summed E-state index contributed by atoms with van der Waals surface area (Å²) in [6, 6.07) is 13.1. The number of aromatic nitrogens is 3. The van der Waals surface area contributed by atoms with E-state index in [9.17, 15) is 4.79 Å². The first-order valence-electron chi connectivity index (χ1n) is 8.37. The highest BCUT2D eigenvalue weighted by Gasteiger charge is 2.41. The normalized spacial score (nSPS) is 18.9. The van der Waals surface area contributed by atoms with Gasteiger partial charge < -0.3 is 15.1 Å². The van der Waals surface area contributed by atoms with Gasteiger partial charge in [0.05, 0.1) is 0 Å². The number of carbonyl (C=O) groups is 1. The molecule has 0 saturated carbocycles. The van der Waals surface area contributed by atoms with Crippen molar-refractivity contribution in [3.05, 3.63) is 78.2 Å². The Morgan fingerprint density at radius 2 is 2.12 bits per heavy atom. The van der Waals surface area contributed by atoms with Crippen molar-refractivity contribution in [3.8, 4) is 0 Å². The second-order valence-corrected chi connectivity index (χ2v) is 6.25. The number of carbonyl (C=O) groups excluding carboxylic acids is 1. The molecule has 0 fully saturated rings. The number of nitrogens with one attached hydrogen (secondary N) is 2. The highest BCUT2D eigenvalue weighted by atomic mass is 16.3.